The first-order valence-corrected chi connectivity index (χ1v) is 9.56. The maximum Gasteiger partial charge on any atom is 0.246 e. The lowest BCUT2D eigenvalue weighted by molar-refractivity contribution is -0.132. The molecule has 0 unspecified atom stereocenters. The highest BCUT2D eigenvalue weighted by atomic mass is 16.2. The molecule has 1 aromatic heterocycles. The SMILES string of the molecule is O=C(Cn1nc2ccccc2n1)N1C[C@@H]2CC[C@H](C1)N(CC1CC1)C2. The Balaban J connectivity index is 1.28. The third-order valence-corrected chi connectivity index (χ3v) is 5.97. The highest BCUT2D eigenvalue weighted by Gasteiger charge is 2.38. The predicted molar refractivity (Wildman–Crippen MR) is 94.9 cm³/mol. The zero-order valence-electron chi connectivity index (χ0n) is 14.5. The molecule has 4 heterocycles. The van der Waals surface area contributed by atoms with Crippen LogP contribution in [0.3, 0.4) is 0 Å². The van der Waals surface area contributed by atoms with Crippen molar-refractivity contribution in [2.45, 2.75) is 38.3 Å². The van der Waals surface area contributed by atoms with E-state index < -0.39 is 0 Å². The fourth-order valence-corrected chi connectivity index (χ4v) is 4.43. The van der Waals surface area contributed by atoms with Crippen molar-refractivity contribution in [3.63, 3.8) is 0 Å². The molecule has 1 saturated carbocycles. The number of amides is 1. The van der Waals surface area contributed by atoms with Crippen LogP contribution in [0.15, 0.2) is 24.3 Å². The molecule has 0 radical (unpaired) electrons. The van der Waals surface area contributed by atoms with Gasteiger partial charge in [-0.25, -0.2) is 0 Å². The number of benzene rings is 1. The van der Waals surface area contributed by atoms with Crippen molar-refractivity contribution < 1.29 is 4.79 Å². The average Bonchev–Trinajstić information content (AvgIpc) is 3.39. The number of aromatic nitrogens is 3. The first-order valence-electron chi connectivity index (χ1n) is 9.56. The lowest BCUT2D eigenvalue weighted by Crippen LogP contribution is -2.45. The van der Waals surface area contributed by atoms with Crippen LogP contribution in [0.25, 0.3) is 11.0 Å². The quantitative estimate of drug-likeness (QED) is 0.852. The van der Waals surface area contributed by atoms with E-state index in [1.54, 1.807) is 4.80 Å². The van der Waals surface area contributed by atoms with Crippen LogP contribution < -0.4 is 0 Å². The molecule has 2 atom stereocenters. The van der Waals surface area contributed by atoms with Crippen molar-refractivity contribution in [3.8, 4) is 0 Å². The molecule has 1 aliphatic carbocycles. The van der Waals surface area contributed by atoms with Crippen LogP contribution in [-0.4, -0.2) is 62.9 Å². The minimum atomic E-state index is 0.158. The zero-order chi connectivity index (χ0) is 16.8. The second-order valence-corrected chi connectivity index (χ2v) is 8.01. The zero-order valence-corrected chi connectivity index (χ0v) is 14.5. The number of carbonyl (C=O) groups is 1. The van der Waals surface area contributed by atoms with Gasteiger partial charge in [-0.1, -0.05) is 12.1 Å². The molecule has 1 amide bonds. The van der Waals surface area contributed by atoms with Gasteiger partial charge in [0.25, 0.3) is 0 Å². The molecule has 6 nitrogen and oxygen atoms in total. The largest absolute Gasteiger partial charge is 0.339 e. The molecule has 0 spiro atoms. The Hall–Kier alpha value is -1.95. The van der Waals surface area contributed by atoms with Gasteiger partial charge in [-0.05, 0) is 49.7 Å². The number of piperidine rings is 1. The molecule has 3 aliphatic heterocycles. The maximum atomic E-state index is 12.9. The second kappa shape index (κ2) is 6.09. The van der Waals surface area contributed by atoms with Crippen LogP contribution in [0.2, 0.25) is 0 Å². The summed E-state index contributed by atoms with van der Waals surface area (Å²) in [4.78, 5) is 19.2. The molecule has 1 aromatic carbocycles. The minimum Gasteiger partial charge on any atom is -0.339 e. The first-order chi connectivity index (χ1) is 12.2. The third-order valence-electron chi connectivity index (χ3n) is 5.97. The predicted octanol–water partition coefficient (Wildman–Crippen LogP) is 1.76. The summed E-state index contributed by atoms with van der Waals surface area (Å²) in [7, 11) is 0. The normalized spacial score (nSPS) is 27.0. The summed E-state index contributed by atoms with van der Waals surface area (Å²) in [6.45, 7) is 4.45. The highest BCUT2D eigenvalue weighted by molar-refractivity contribution is 5.77. The van der Waals surface area contributed by atoms with Gasteiger partial charge in [0.2, 0.25) is 5.91 Å². The molecular weight excluding hydrogens is 314 g/mol. The van der Waals surface area contributed by atoms with Crippen molar-refractivity contribution in [1.82, 2.24) is 24.8 Å². The molecule has 4 fully saturated rings. The van der Waals surface area contributed by atoms with Crippen molar-refractivity contribution in [2.75, 3.05) is 26.2 Å². The molecule has 2 bridgehead atoms. The van der Waals surface area contributed by atoms with E-state index in [-0.39, 0.29) is 12.5 Å². The van der Waals surface area contributed by atoms with E-state index >= 15 is 0 Å². The first kappa shape index (κ1) is 15.3. The number of fused-ring (bicyclic) bond motifs is 5. The molecule has 4 aliphatic rings. The molecule has 6 rings (SSSR count). The van der Waals surface area contributed by atoms with E-state index in [1.807, 2.05) is 24.3 Å². The summed E-state index contributed by atoms with van der Waals surface area (Å²) in [5.41, 5.74) is 1.70. The van der Waals surface area contributed by atoms with E-state index in [9.17, 15) is 4.79 Å². The summed E-state index contributed by atoms with van der Waals surface area (Å²) < 4.78 is 0. The summed E-state index contributed by atoms with van der Waals surface area (Å²) in [5, 5.41) is 8.87. The van der Waals surface area contributed by atoms with Gasteiger partial charge in [-0.2, -0.15) is 15.0 Å². The molecule has 2 aromatic rings. The lowest BCUT2D eigenvalue weighted by atomic mass is 9.95. The van der Waals surface area contributed by atoms with Gasteiger partial charge in [0, 0.05) is 32.2 Å². The monoisotopic (exact) mass is 339 g/mol. The Kier molecular flexibility index (Phi) is 3.73. The van der Waals surface area contributed by atoms with Crippen LogP contribution in [0.5, 0.6) is 0 Å². The topological polar surface area (TPSA) is 54.3 Å². The fourth-order valence-electron chi connectivity index (χ4n) is 4.43. The second-order valence-electron chi connectivity index (χ2n) is 8.01. The summed E-state index contributed by atoms with van der Waals surface area (Å²) in [5.74, 6) is 1.71. The van der Waals surface area contributed by atoms with Crippen LogP contribution in [0, 0.1) is 11.8 Å². The number of hydrogen-bond donors (Lipinski definition) is 0. The maximum absolute atomic E-state index is 12.9. The van der Waals surface area contributed by atoms with E-state index in [1.165, 1.54) is 38.8 Å². The van der Waals surface area contributed by atoms with Crippen molar-refractivity contribution in [2.24, 2.45) is 11.8 Å². The Morgan fingerprint density at radius 1 is 1.00 bits per heavy atom. The number of hydrogen-bond acceptors (Lipinski definition) is 4. The van der Waals surface area contributed by atoms with Crippen LogP contribution >= 0.6 is 0 Å². The number of carbonyl (C=O) groups excluding carboxylic acids is 1. The van der Waals surface area contributed by atoms with Crippen LogP contribution in [0.4, 0.5) is 0 Å². The highest BCUT2D eigenvalue weighted by Crippen LogP contribution is 2.34. The van der Waals surface area contributed by atoms with Gasteiger partial charge >= 0.3 is 0 Å². The van der Waals surface area contributed by atoms with E-state index in [0.29, 0.717) is 12.0 Å². The molecule has 6 heteroatoms. The van der Waals surface area contributed by atoms with Crippen molar-refractivity contribution in [1.29, 1.82) is 0 Å². The third kappa shape index (κ3) is 3.15. The van der Waals surface area contributed by atoms with Crippen LogP contribution in [-0.2, 0) is 11.3 Å². The summed E-state index contributed by atoms with van der Waals surface area (Å²) in [6.07, 6.45) is 5.30. The average molecular weight is 339 g/mol. The molecule has 25 heavy (non-hydrogen) atoms. The Labute approximate surface area is 147 Å². The molecule has 0 N–H and O–H groups in total. The van der Waals surface area contributed by atoms with E-state index in [4.69, 9.17) is 0 Å². The Morgan fingerprint density at radius 3 is 2.48 bits per heavy atom. The van der Waals surface area contributed by atoms with Crippen molar-refractivity contribution in [3.05, 3.63) is 24.3 Å². The van der Waals surface area contributed by atoms with E-state index in [0.717, 1.165) is 30.0 Å². The molecule has 132 valence electrons. The van der Waals surface area contributed by atoms with Gasteiger partial charge in [0.1, 0.15) is 17.6 Å². The van der Waals surface area contributed by atoms with Crippen LogP contribution in [0.1, 0.15) is 25.7 Å². The Morgan fingerprint density at radius 2 is 1.76 bits per heavy atom. The fraction of sp³-hybridized carbons (Fsp3) is 0.632. The lowest BCUT2D eigenvalue weighted by Gasteiger charge is -2.36. The minimum absolute atomic E-state index is 0.158. The Bertz CT molecular complexity index is 750. The number of nitrogens with zero attached hydrogens (tertiary/aromatic N) is 5. The van der Waals surface area contributed by atoms with Gasteiger partial charge < -0.3 is 4.90 Å². The van der Waals surface area contributed by atoms with E-state index in [2.05, 4.69) is 20.0 Å². The molecular formula is C19H25N5O. The summed E-state index contributed by atoms with van der Waals surface area (Å²) >= 11 is 0. The smallest absolute Gasteiger partial charge is 0.246 e. The van der Waals surface area contributed by atoms with Gasteiger partial charge in [-0.3, -0.25) is 9.69 Å². The number of rotatable bonds is 4. The van der Waals surface area contributed by atoms with Crippen molar-refractivity contribution >= 4 is 16.9 Å². The molecule has 3 saturated heterocycles. The van der Waals surface area contributed by atoms with Gasteiger partial charge in [0.05, 0.1) is 0 Å². The summed E-state index contributed by atoms with van der Waals surface area (Å²) in [6, 6.07) is 8.32. The van der Waals surface area contributed by atoms with Gasteiger partial charge in [-0.15, -0.1) is 0 Å². The standard InChI is InChI=1S/C19H25N5O/c25-19(13-24-20-17-3-1-2-4-18(17)21-24)23-11-15-7-8-16(12-23)22(10-15)9-14-5-6-14/h1-4,14-16H,5-13H2/t15-,16-/m1/s1. The van der Waals surface area contributed by atoms with Gasteiger partial charge in [0.15, 0.2) is 0 Å².